The van der Waals surface area contributed by atoms with E-state index < -0.39 is 12.0 Å². The summed E-state index contributed by atoms with van der Waals surface area (Å²) in [6.45, 7) is 0. The number of carboxylic acids is 1. The first-order chi connectivity index (χ1) is 9.65. The Morgan fingerprint density at radius 1 is 1.25 bits per heavy atom. The second kappa shape index (κ2) is 5.36. The number of thioether (sulfide) groups is 1. The van der Waals surface area contributed by atoms with Crippen LogP contribution in [-0.4, -0.2) is 45.7 Å². The van der Waals surface area contributed by atoms with Gasteiger partial charge in [-0.25, -0.2) is 9.59 Å². The minimum Gasteiger partial charge on any atom is -0.480 e. The van der Waals surface area contributed by atoms with Crippen molar-refractivity contribution >= 4 is 23.8 Å². The second-order valence-electron chi connectivity index (χ2n) is 5.15. The summed E-state index contributed by atoms with van der Waals surface area (Å²) in [5, 5.41) is 12.1. The molecule has 1 heterocycles. The first-order valence-corrected chi connectivity index (χ1v) is 7.75. The Bertz CT molecular complexity index is 524. The van der Waals surface area contributed by atoms with Crippen LogP contribution < -0.4 is 5.32 Å². The van der Waals surface area contributed by atoms with Crippen molar-refractivity contribution in [3.8, 4) is 0 Å². The molecule has 0 aromatic heterocycles. The van der Waals surface area contributed by atoms with Crippen LogP contribution >= 0.6 is 11.8 Å². The first-order valence-electron chi connectivity index (χ1n) is 6.59. The van der Waals surface area contributed by atoms with Gasteiger partial charge in [0.1, 0.15) is 6.04 Å². The molecule has 5 nitrogen and oxygen atoms in total. The van der Waals surface area contributed by atoms with E-state index in [9.17, 15) is 9.59 Å². The third kappa shape index (κ3) is 2.47. The number of rotatable bonds is 2. The third-order valence-corrected chi connectivity index (χ3v) is 4.82. The smallest absolute Gasteiger partial charge is 0.327 e. The summed E-state index contributed by atoms with van der Waals surface area (Å²) in [7, 11) is 0. The van der Waals surface area contributed by atoms with Crippen molar-refractivity contribution in [2.45, 2.75) is 24.9 Å². The van der Waals surface area contributed by atoms with Crippen LogP contribution in [0.4, 0.5) is 4.79 Å². The highest BCUT2D eigenvalue weighted by molar-refractivity contribution is 7.99. The van der Waals surface area contributed by atoms with Crippen LogP contribution in [0.2, 0.25) is 0 Å². The van der Waals surface area contributed by atoms with Crippen LogP contribution in [0, 0.1) is 0 Å². The SMILES string of the molecule is O=C(O)[C@@H]1CSCN1C(=O)NC1Cc2ccccc2C1. The molecular formula is C14H16N2O3S. The molecule has 1 saturated heterocycles. The largest absolute Gasteiger partial charge is 0.480 e. The molecule has 106 valence electrons. The number of nitrogens with one attached hydrogen (secondary N) is 1. The normalized spacial score (nSPS) is 21.8. The maximum Gasteiger partial charge on any atom is 0.327 e. The molecule has 1 aromatic carbocycles. The Hall–Kier alpha value is -1.69. The van der Waals surface area contributed by atoms with E-state index in [0.717, 1.165) is 12.8 Å². The molecule has 2 aliphatic rings. The molecule has 0 unspecified atom stereocenters. The predicted molar refractivity (Wildman–Crippen MR) is 76.8 cm³/mol. The van der Waals surface area contributed by atoms with Gasteiger partial charge < -0.3 is 15.3 Å². The lowest BCUT2D eigenvalue weighted by Crippen LogP contribution is -2.50. The number of nitrogens with zero attached hydrogens (tertiary/aromatic N) is 1. The summed E-state index contributed by atoms with van der Waals surface area (Å²) >= 11 is 1.48. The molecule has 2 amide bonds. The highest BCUT2D eigenvalue weighted by Crippen LogP contribution is 2.24. The van der Waals surface area contributed by atoms with Crippen LogP contribution in [0.25, 0.3) is 0 Å². The predicted octanol–water partition coefficient (Wildman–Crippen LogP) is 1.32. The number of urea groups is 1. The fourth-order valence-electron chi connectivity index (χ4n) is 2.77. The second-order valence-corrected chi connectivity index (χ2v) is 6.15. The molecule has 1 fully saturated rings. The van der Waals surface area contributed by atoms with Gasteiger partial charge in [-0.2, -0.15) is 0 Å². The number of benzene rings is 1. The van der Waals surface area contributed by atoms with Gasteiger partial charge in [0.25, 0.3) is 0 Å². The van der Waals surface area contributed by atoms with Gasteiger partial charge in [0.2, 0.25) is 0 Å². The topological polar surface area (TPSA) is 69.6 Å². The quantitative estimate of drug-likeness (QED) is 0.862. The number of carboxylic acid groups (broad SMARTS) is 1. The highest BCUT2D eigenvalue weighted by atomic mass is 32.2. The summed E-state index contributed by atoms with van der Waals surface area (Å²) < 4.78 is 0. The lowest BCUT2D eigenvalue weighted by Gasteiger charge is -2.23. The van der Waals surface area contributed by atoms with E-state index in [1.165, 1.54) is 27.8 Å². The minimum absolute atomic E-state index is 0.0694. The Morgan fingerprint density at radius 3 is 2.50 bits per heavy atom. The van der Waals surface area contributed by atoms with Crippen molar-refractivity contribution in [1.29, 1.82) is 0 Å². The molecule has 2 N–H and O–H groups in total. The fourth-order valence-corrected chi connectivity index (χ4v) is 3.91. The van der Waals surface area contributed by atoms with E-state index >= 15 is 0 Å². The number of hydrogen-bond donors (Lipinski definition) is 2. The molecule has 1 aliphatic carbocycles. The van der Waals surface area contributed by atoms with Gasteiger partial charge in [-0.05, 0) is 24.0 Å². The van der Waals surface area contributed by atoms with E-state index in [4.69, 9.17) is 5.11 Å². The molecule has 0 radical (unpaired) electrons. The van der Waals surface area contributed by atoms with Gasteiger partial charge in [-0.1, -0.05) is 24.3 Å². The van der Waals surface area contributed by atoms with E-state index in [1.807, 2.05) is 12.1 Å². The van der Waals surface area contributed by atoms with Crippen LogP contribution in [0.15, 0.2) is 24.3 Å². The number of aliphatic carboxylic acids is 1. The molecule has 3 rings (SSSR count). The number of hydrogen-bond acceptors (Lipinski definition) is 3. The summed E-state index contributed by atoms with van der Waals surface area (Å²) in [6, 6.07) is 7.26. The van der Waals surface area contributed by atoms with Gasteiger partial charge in [0.15, 0.2) is 0 Å². The summed E-state index contributed by atoms with van der Waals surface area (Å²) in [4.78, 5) is 24.7. The van der Waals surface area contributed by atoms with Gasteiger partial charge >= 0.3 is 12.0 Å². The highest BCUT2D eigenvalue weighted by Gasteiger charge is 2.35. The lowest BCUT2D eigenvalue weighted by molar-refractivity contribution is -0.140. The molecule has 1 aromatic rings. The zero-order valence-corrected chi connectivity index (χ0v) is 11.7. The fraction of sp³-hybridized carbons (Fsp3) is 0.429. The van der Waals surface area contributed by atoms with Crippen molar-refractivity contribution in [2.24, 2.45) is 0 Å². The molecule has 0 bridgehead atoms. The average Bonchev–Trinajstić information content (AvgIpc) is 3.04. The van der Waals surface area contributed by atoms with Crippen molar-refractivity contribution < 1.29 is 14.7 Å². The van der Waals surface area contributed by atoms with Crippen LogP contribution in [0.3, 0.4) is 0 Å². The zero-order chi connectivity index (χ0) is 14.1. The third-order valence-electron chi connectivity index (χ3n) is 3.81. The van der Waals surface area contributed by atoms with Crippen LogP contribution in [-0.2, 0) is 17.6 Å². The van der Waals surface area contributed by atoms with Crippen LogP contribution in [0.1, 0.15) is 11.1 Å². The Balaban J connectivity index is 1.62. The minimum atomic E-state index is -0.931. The van der Waals surface area contributed by atoms with Crippen molar-refractivity contribution in [1.82, 2.24) is 10.2 Å². The average molecular weight is 292 g/mol. The number of carbonyl (C=O) groups is 2. The van der Waals surface area contributed by atoms with Crippen molar-refractivity contribution in [3.63, 3.8) is 0 Å². The number of fused-ring (bicyclic) bond motifs is 1. The van der Waals surface area contributed by atoms with Gasteiger partial charge in [-0.15, -0.1) is 11.8 Å². The standard InChI is InChI=1S/C14H16N2O3S/c17-13(18)12-7-20-8-16(12)14(19)15-11-5-9-3-1-2-4-10(9)6-11/h1-4,11-12H,5-8H2,(H,15,19)(H,17,18)/t12-/m0/s1. The van der Waals surface area contributed by atoms with E-state index in [1.54, 1.807) is 0 Å². The van der Waals surface area contributed by atoms with E-state index in [2.05, 4.69) is 17.4 Å². The Labute approximate surface area is 121 Å². The molecular weight excluding hydrogens is 276 g/mol. The first kappa shape index (κ1) is 13.3. The van der Waals surface area contributed by atoms with Crippen LogP contribution in [0.5, 0.6) is 0 Å². The van der Waals surface area contributed by atoms with E-state index in [0.29, 0.717) is 11.6 Å². The summed E-state index contributed by atoms with van der Waals surface area (Å²) in [6.07, 6.45) is 1.64. The summed E-state index contributed by atoms with van der Waals surface area (Å²) in [5.74, 6) is -0.0179. The molecule has 20 heavy (non-hydrogen) atoms. The zero-order valence-electron chi connectivity index (χ0n) is 10.9. The summed E-state index contributed by atoms with van der Waals surface area (Å²) in [5.41, 5.74) is 2.53. The maximum atomic E-state index is 12.2. The molecule has 6 heteroatoms. The molecule has 0 saturated carbocycles. The number of carbonyl (C=O) groups excluding carboxylic acids is 1. The van der Waals surface area contributed by atoms with Gasteiger partial charge in [-0.3, -0.25) is 0 Å². The van der Waals surface area contributed by atoms with Gasteiger partial charge in [0.05, 0.1) is 5.88 Å². The van der Waals surface area contributed by atoms with Crippen molar-refractivity contribution in [2.75, 3.05) is 11.6 Å². The Kier molecular flexibility index (Phi) is 3.56. The Morgan fingerprint density at radius 2 is 1.90 bits per heavy atom. The van der Waals surface area contributed by atoms with Gasteiger partial charge in [0, 0.05) is 11.8 Å². The number of amides is 2. The monoisotopic (exact) mass is 292 g/mol. The molecule has 1 atom stereocenters. The van der Waals surface area contributed by atoms with Crippen molar-refractivity contribution in [3.05, 3.63) is 35.4 Å². The molecule has 0 spiro atoms. The molecule has 1 aliphatic heterocycles. The lowest BCUT2D eigenvalue weighted by atomic mass is 10.1. The maximum absolute atomic E-state index is 12.2. The van der Waals surface area contributed by atoms with E-state index in [-0.39, 0.29) is 12.1 Å².